The van der Waals surface area contributed by atoms with Crippen LogP contribution in [0.5, 0.6) is 0 Å². The summed E-state index contributed by atoms with van der Waals surface area (Å²) in [6, 6.07) is 16.0. The van der Waals surface area contributed by atoms with Gasteiger partial charge in [-0.15, -0.1) is 0 Å². The minimum Gasteiger partial charge on any atom is -0.385 e. The summed E-state index contributed by atoms with van der Waals surface area (Å²) in [5, 5.41) is 10.9. The Kier molecular flexibility index (Phi) is 4.32. The predicted octanol–water partition coefficient (Wildman–Crippen LogP) is 4.54. The Morgan fingerprint density at radius 2 is 1.65 bits per heavy atom. The highest BCUT2D eigenvalue weighted by Gasteiger charge is 2.46. The van der Waals surface area contributed by atoms with Crippen LogP contribution in [-0.4, -0.2) is 29.1 Å². The summed E-state index contributed by atoms with van der Waals surface area (Å²) in [6.45, 7) is 1.42. The first-order valence-corrected chi connectivity index (χ1v) is 9.06. The average Bonchev–Trinajstić information content (AvgIpc) is 3.43. The standard InChI is InChI=1S/C21H22F3NO/c22-21(23,24)17-8-4-7-16(13-17)20(26)9-11-25(12-10-20)19-14-18(19)15-5-2-1-3-6-15/h1-8,13,18-19,26H,9-12,14H2/t18-,19-/m1/s1. The second kappa shape index (κ2) is 6.39. The molecule has 1 aliphatic heterocycles. The predicted molar refractivity (Wildman–Crippen MR) is 93.7 cm³/mol. The number of likely N-dealkylation sites (tertiary alicyclic amines) is 1. The van der Waals surface area contributed by atoms with E-state index in [0.29, 0.717) is 43.5 Å². The lowest BCUT2D eigenvalue weighted by Gasteiger charge is -2.39. The van der Waals surface area contributed by atoms with Crippen molar-refractivity contribution >= 4 is 0 Å². The highest BCUT2D eigenvalue weighted by Crippen LogP contribution is 2.47. The van der Waals surface area contributed by atoms with Crippen molar-refractivity contribution < 1.29 is 18.3 Å². The molecule has 0 aromatic heterocycles. The van der Waals surface area contributed by atoms with Gasteiger partial charge in [-0.2, -0.15) is 13.2 Å². The Labute approximate surface area is 151 Å². The molecular weight excluding hydrogens is 339 g/mol. The van der Waals surface area contributed by atoms with Gasteiger partial charge in [0.25, 0.3) is 0 Å². The minimum absolute atomic E-state index is 0.377. The number of benzene rings is 2. The summed E-state index contributed by atoms with van der Waals surface area (Å²) >= 11 is 0. The van der Waals surface area contributed by atoms with Gasteiger partial charge in [0.1, 0.15) is 0 Å². The van der Waals surface area contributed by atoms with Gasteiger partial charge in [-0.05, 0) is 42.5 Å². The van der Waals surface area contributed by atoms with E-state index in [1.54, 1.807) is 6.07 Å². The highest BCUT2D eigenvalue weighted by molar-refractivity contribution is 5.31. The average molecular weight is 361 g/mol. The summed E-state index contributed by atoms with van der Waals surface area (Å²) in [4.78, 5) is 2.37. The summed E-state index contributed by atoms with van der Waals surface area (Å²) < 4.78 is 38.9. The van der Waals surface area contributed by atoms with Gasteiger partial charge in [0, 0.05) is 25.0 Å². The molecule has 0 bridgehead atoms. The molecule has 26 heavy (non-hydrogen) atoms. The molecule has 1 heterocycles. The van der Waals surface area contributed by atoms with Gasteiger partial charge in [0.2, 0.25) is 0 Å². The number of rotatable bonds is 3. The van der Waals surface area contributed by atoms with E-state index >= 15 is 0 Å². The molecule has 1 aliphatic carbocycles. The third-order valence-electron chi connectivity index (χ3n) is 5.81. The number of piperidine rings is 1. The lowest BCUT2D eigenvalue weighted by Crippen LogP contribution is -2.43. The molecule has 1 N–H and O–H groups in total. The fraction of sp³-hybridized carbons (Fsp3) is 0.429. The van der Waals surface area contributed by atoms with Crippen LogP contribution in [0.2, 0.25) is 0 Å². The van der Waals surface area contributed by atoms with E-state index in [0.717, 1.165) is 18.6 Å². The number of halogens is 3. The van der Waals surface area contributed by atoms with Gasteiger partial charge < -0.3 is 5.11 Å². The molecule has 2 fully saturated rings. The van der Waals surface area contributed by atoms with Crippen molar-refractivity contribution in [3.05, 3.63) is 71.3 Å². The molecular formula is C21H22F3NO. The SMILES string of the molecule is OC1(c2cccc(C(F)(F)F)c2)CCN([C@@H]2C[C@@H]2c2ccccc2)CC1. The van der Waals surface area contributed by atoms with Gasteiger partial charge >= 0.3 is 6.18 Å². The number of nitrogens with zero attached hydrogens (tertiary/aromatic N) is 1. The molecule has 5 heteroatoms. The second-order valence-corrected chi connectivity index (χ2v) is 7.47. The fourth-order valence-corrected chi connectivity index (χ4v) is 4.14. The van der Waals surface area contributed by atoms with E-state index in [9.17, 15) is 18.3 Å². The first kappa shape index (κ1) is 17.6. The summed E-state index contributed by atoms with van der Waals surface area (Å²) in [5.74, 6) is 0.538. The monoisotopic (exact) mass is 361 g/mol. The number of hydrogen-bond donors (Lipinski definition) is 1. The largest absolute Gasteiger partial charge is 0.416 e. The molecule has 2 aromatic carbocycles. The van der Waals surface area contributed by atoms with Crippen molar-refractivity contribution in [3.63, 3.8) is 0 Å². The van der Waals surface area contributed by atoms with Crippen molar-refractivity contribution in [1.29, 1.82) is 0 Å². The highest BCUT2D eigenvalue weighted by atomic mass is 19.4. The third-order valence-corrected chi connectivity index (χ3v) is 5.81. The van der Waals surface area contributed by atoms with Crippen LogP contribution in [0.4, 0.5) is 13.2 Å². The van der Waals surface area contributed by atoms with Crippen LogP contribution in [0.15, 0.2) is 54.6 Å². The smallest absolute Gasteiger partial charge is 0.385 e. The maximum atomic E-state index is 13.0. The molecule has 2 aromatic rings. The van der Waals surface area contributed by atoms with Crippen LogP contribution in [0.25, 0.3) is 0 Å². The van der Waals surface area contributed by atoms with Crippen LogP contribution in [0, 0.1) is 0 Å². The van der Waals surface area contributed by atoms with Gasteiger partial charge in [-0.3, -0.25) is 4.90 Å². The third kappa shape index (κ3) is 3.38. The van der Waals surface area contributed by atoms with Crippen molar-refractivity contribution in [3.8, 4) is 0 Å². The zero-order chi connectivity index (χ0) is 18.4. The summed E-state index contributed by atoms with van der Waals surface area (Å²) in [6.07, 6.45) is -2.34. The van der Waals surface area contributed by atoms with Crippen LogP contribution < -0.4 is 0 Å². The Morgan fingerprint density at radius 1 is 0.962 bits per heavy atom. The van der Waals surface area contributed by atoms with E-state index in [1.807, 2.05) is 18.2 Å². The number of aliphatic hydroxyl groups is 1. The summed E-state index contributed by atoms with van der Waals surface area (Å²) in [5.41, 5.74) is -0.148. The first-order chi connectivity index (χ1) is 12.4. The van der Waals surface area contributed by atoms with Crippen molar-refractivity contribution in [1.82, 2.24) is 4.90 Å². The van der Waals surface area contributed by atoms with Crippen LogP contribution in [0.3, 0.4) is 0 Å². The van der Waals surface area contributed by atoms with Gasteiger partial charge in [-0.1, -0.05) is 42.5 Å². The number of hydrogen-bond acceptors (Lipinski definition) is 2. The molecule has 0 unspecified atom stereocenters. The molecule has 1 saturated carbocycles. The van der Waals surface area contributed by atoms with Crippen molar-refractivity contribution in [2.24, 2.45) is 0 Å². The Hall–Kier alpha value is -1.85. The lowest BCUT2D eigenvalue weighted by molar-refractivity contribution is -0.137. The zero-order valence-corrected chi connectivity index (χ0v) is 14.4. The van der Waals surface area contributed by atoms with E-state index in [4.69, 9.17) is 0 Å². The first-order valence-electron chi connectivity index (χ1n) is 9.06. The van der Waals surface area contributed by atoms with Crippen LogP contribution in [0.1, 0.15) is 41.9 Å². The lowest BCUT2D eigenvalue weighted by atomic mass is 9.83. The molecule has 0 radical (unpaired) electrons. The van der Waals surface area contributed by atoms with E-state index in [1.165, 1.54) is 11.6 Å². The molecule has 0 amide bonds. The molecule has 4 rings (SSSR count). The topological polar surface area (TPSA) is 23.5 Å². The van der Waals surface area contributed by atoms with Gasteiger partial charge in [-0.25, -0.2) is 0 Å². The normalized spacial score (nSPS) is 25.8. The van der Waals surface area contributed by atoms with E-state index in [-0.39, 0.29) is 0 Å². The number of alkyl halides is 3. The van der Waals surface area contributed by atoms with E-state index < -0.39 is 17.3 Å². The van der Waals surface area contributed by atoms with Crippen LogP contribution >= 0.6 is 0 Å². The maximum absolute atomic E-state index is 13.0. The second-order valence-electron chi connectivity index (χ2n) is 7.47. The Balaban J connectivity index is 1.42. The van der Waals surface area contributed by atoms with E-state index in [2.05, 4.69) is 17.0 Å². The molecule has 2 nitrogen and oxygen atoms in total. The van der Waals surface area contributed by atoms with Crippen molar-refractivity contribution in [2.45, 2.75) is 43.0 Å². The Bertz CT molecular complexity index is 766. The quantitative estimate of drug-likeness (QED) is 0.867. The molecule has 1 saturated heterocycles. The summed E-state index contributed by atoms with van der Waals surface area (Å²) in [7, 11) is 0. The van der Waals surface area contributed by atoms with Crippen molar-refractivity contribution in [2.75, 3.05) is 13.1 Å². The molecule has 0 spiro atoms. The van der Waals surface area contributed by atoms with Crippen LogP contribution in [-0.2, 0) is 11.8 Å². The minimum atomic E-state index is -4.38. The van der Waals surface area contributed by atoms with Gasteiger partial charge in [0.15, 0.2) is 0 Å². The molecule has 2 atom stereocenters. The molecule has 2 aliphatic rings. The zero-order valence-electron chi connectivity index (χ0n) is 14.4. The van der Waals surface area contributed by atoms with Gasteiger partial charge in [0.05, 0.1) is 11.2 Å². The molecule has 138 valence electrons. The fourth-order valence-electron chi connectivity index (χ4n) is 4.14. The maximum Gasteiger partial charge on any atom is 0.416 e. The Morgan fingerprint density at radius 3 is 2.31 bits per heavy atom.